The van der Waals surface area contributed by atoms with Crippen molar-refractivity contribution in [2.75, 3.05) is 7.11 Å². The number of carbonyl (C=O) groups excluding carboxylic acids is 2. The molecule has 1 atom stereocenters. The van der Waals surface area contributed by atoms with Crippen LogP contribution in [0.4, 0.5) is 0 Å². The molecule has 2 fully saturated rings. The van der Waals surface area contributed by atoms with Crippen molar-refractivity contribution in [3.05, 3.63) is 28.7 Å². The van der Waals surface area contributed by atoms with Crippen LogP contribution in [0.15, 0.2) is 33.6 Å². The molecule has 0 aromatic heterocycles. The van der Waals surface area contributed by atoms with E-state index in [1.54, 1.807) is 12.1 Å². The number of rotatable bonds is 4. The Balaban J connectivity index is 2.01. The Morgan fingerprint density at radius 1 is 1.23 bits per heavy atom. The molecular formula is C18H22BrNO5S. The molecule has 26 heavy (non-hydrogen) atoms. The zero-order valence-corrected chi connectivity index (χ0v) is 17.0. The summed E-state index contributed by atoms with van der Waals surface area (Å²) in [6.07, 6.45) is 4.39. The van der Waals surface area contributed by atoms with Gasteiger partial charge in [0.05, 0.1) is 29.9 Å². The number of benzene rings is 1. The number of nitrogens with zero attached hydrogens (tertiary/aromatic N) is 1. The quantitative estimate of drug-likeness (QED) is 0.666. The Labute approximate surface area is 162 Å². The molecule has 0 N–H and O–H groups in total. The number of esters is 1. The molecule has 0 radical (unpaired) electrons. The average molecular weight is 444 g/mol. The summed E-state index contributed by atoms with van der Waals surface area (Å²) in [6, 6.07) is 6.29. The van der Waals surface area contributed by atoms with Crippen LogP contribution in [0.5, 0.6) is 0 Å². The maximum atomic E-state index is 13.3. The van der Waals surface area contributed by atoms with Crippen LogP contribution in [-0.2, 0) is 24.3 Å². The van der Waals surface area contributed by atoms with Crippen molar-refractivity contribution >= 4 is 37.8 Å². The fourth-order valence-electron chi connectivity index (χ4n) is 4.17. The Hall–Kier alpha value is -1.41. The fourth-order valence-corrected chi connectivity index (χ4v) is 6.28. The molecule has 142 valence electrons. The molecule has 0 bridgehead atoms. The first-order chi connectivity index (χ1) is 12.3. The van der Waals surface area contributed by atoms with Gasteiger partial charge in [-0.3, -0.25) is 9.59 Å². The second-order valence-electron chi connectivity index (χ2n) is 7.03. The van der Waals surface area contributed by atoms with Gasteiger partial charge in [0.2, 0.25) is 5.91 Å². The summed E-state index contributed by atoms with van der Waals surface area (Å²) >= 11 is 3.30. The highest BCUT2D eigenvalue weighted by Gasteiger charge is 2.56. The number of methoxy groups -OCH3 is 1. The van der Waals surface area contributed by atoms with E-state index >= 15 is 0 Å². The van der Waals surface area contributed by atoms with E-state index in [2.05, 4.69) is 15.9 Å². The maximum Gasteiger partial charge on any atom is 0.306 e. The number of sulfonamides is 1. The highest BCUT2D eigenvalue weighted by Crippen LogP contribution is 2.48. The third-order valence-electron chi connectivity index (χ3n) is 5.38. The van der Waals surface area contributed by atoms with Crippen LogP contribution in [0, 0.1) is 5.92 Å². The van der Waals surface area contributed by atoms with E-state index in [4.69, 9.17) is 4.74 Å². The van der Waals surface area contributed by atoms with Crippen molar-refractivity contribution in [3.63, 3.8) is 0 Å². The third kappa shape index (κ3) is 3.41. The Bertz CT molecular complexity index is 799. The summed E-state index contributed by atoms with van der Waals surface area (Å²) in [5.74, 6) is -1.62. The van der Waals surface area contributed by atoms with Gasteiger partial charge < -0.3 is 4.74 Å². The van der Waals surface area contributed by atoms with Crippen LogP contribution < -0.4 is 0 Å². The van der Waals surface area contributed by atoms with Gasteiger partial charge in [0.1, 0.15) is 0 Å². The molecule has 2 aliphatic rings. The van der Waals surface area contributed by atoms with Gasteiger partial charge in [-0.2, -0.15) is 0 Å². The van der Waals surface area contributed by atoms with Crippen molar-refractivity contribution in [2.24, 2.45) is 5.92 Å². The Kier molecular flexibility index (Phi) is 5.44. The smallest absolute Gasteiger partial charge is 0.306 e. The lowest BCUT2D eigenvalue weighted by molar-refractivity contribution is -0.144. The Morgan fingerprint density at radius 2 is 1.85 bits per heavy atom. The molecule has 1 aromatic carbocycles. The average Bonchev–Trinajstić information content (AvgIpc) is 2.87. The van der Waals surface area contributed by atoms with E-state index in [9.17, 15) is 18.0 Å². The summed E-state index contributed by atoms with van der Waals surface area (Å²) in [6.45, 7) is 0. The van der Waals surface area contributed by atoms with Crippen LogP contribution in [0.3, 0.4) is 0 Å². The summed E-state index contributed by atoms with van der Waals surface area (Å²) in [5.41, 5.74) is -0.722. The zero-order valence-electron chi connectivity index (χ0n) is 14.6. The van der Waals surface area contributed by atoms with Gasteiger partial charge in [-0.15, -0.1) is 0 Å². The van der Waals surface area contributed by atoms with E-state index in [-0.39, 0.29) is 11.3 Å². The topological polar surface area (TPSA) is 80.8 Å². The van der Waals surface area contributed by atoms with Crippen LogP contribution in [0.2, 0.25) is 0 Å². The molecule has 8 heteroatoms. The van der Waals surface area contributed by atoms with Gasteiger partial charge in [0.25, 0.3) is 10.0 Å². The minimum absolute atomic E-state index is 0.0799. The minimum Gasteiger partial charge on any atom is -0.469 e. The van der Waals surface area contributed by atoms with E-state index in [1.807, 2.05) is 0 Å². The molecule has 1 heterocycles. The van der Waals surface area contributed by atoms with E-state index in [0.29, 0.717) is 19.3 Å². The van der Waals surface area contributed by atoms with Gasteiger partial charge in [-0.1, -0.05) is 35.2 Å². The second kappa shape index (κ2) is 7.31. The molecular weight excluding hydrogens is 422 g/mol. The highest BCUT2D eigenvalue weighted by atomic mass is 79.9. The van der Waals surface area contributed by atoms with Crippen molar-refractivity contribution in [1.82, 2.24) is 4.31 Å². The van der Waals surface area contributed by atoms with Gasteiger partial charge in [-0.25, -0.2) is 12.7 Å². The van der Waals surface area contributed by atoms with Crippen molar-refractivity contribution in [3.8, 4) is 0 Å². The van der Waals surface area contributed by atoms with Gasteiger partial charge in [0, 0.05) is 4.47 Å². The van der Waals surface area contributed by atoms with Gasteiger partial charge in [0.15, 0.2) is 0 Å². The predicted molar refractivity (Wildman–Crippen MR) is 98.7 cm³/mol. The van der Waals surface area contributed by atoms with Crippen molar-refractivity contribution in [1.29, 1.82) is 0 Å². The number of hydrogen-bond acceptors (Lipinski definition) is 5. The number of carbonyl (C=O) groups is 2. The zero-order chi connectivity index (χ0) is 18.9. The largest absolute Gasteiger partial charge is 0.469 e. The lowest BCUT2D eigenvalue weighted by atomic mass is 9.78. The molecule has 1 aromatic rings. The monoisotopic (exact) mass is 443 g/mol. The Morgan fingerprint density at radius 3 is 2.42 bits per heavy atom. The second-order valence-corrected chi connectivity index (χ2v) is 9.73. The maximum absolute atomic E-state index is 13.3. The SMILES string of the molecule is COC(=O)C[C@@H]1CC2(CCCCC2)N(S(=O)(=O)c2ccc(Br)cc2)C1=O. The van der Waals surface area contributed by atoms with Gasteiger partial charge in [-0.05, 0) is 43.5 Å². The first kappa shape index (κ1) is 19.4. The standard InChI is InChI=1S/C18H22BrNO5S/c1-25-16(21)11-13-12-18(9-3-2-4-10-18)20(17(13)22)26(23,24)15-7-5-14(19)6-8-15/h5-8,13H,2-4,9-12H2,1H3/t13-/m1/s1. The molecule has 1 saturated heterocycles. The van der Waals surface area contributed by atoms with E-state index in [0.717, 1.165) is 28.0 Å². The molecule has 6 nitrogen and oxygen atoms in total. The molecule has 3 rings (SSSR count). The fraction of sp³-hybridized carbons (Fsp3) is 0.556. The molecule has 1 saturated carbocycles. The highest BCUT2D eigenvalue weighted by molar-refractivity contribution is 9.10. The number of ether oxygens (including phenoxy) is 1. The third-order valence-corrected chi connectivity index (χ3v) is 7.83. The number of hydrogen-bond donors (Lipinski definition) is 0. The van der Waals surface area contributed by atoms with Crippen LogP contribution >= 0.6 is 15.9 Å². The van der Waals surface area contributed by atoms with E-state index < -0.39 is 33.4 Å². The summed E-state index contributed by atoms with van der Waals surface area (Å²) in [7, 11) is -2.70. The lowest BCUT2D eigenvalue weighted by Crippen LogP contribution is -2.50. The normalized spacial score (nSPS) is 22.6. The lowest BCUT2D eigenvalue weighted by Gasteiger charge is -2.40. The van der Waals surface area contributed by atoms with Crippen LogP contribution in [-0.4, -0.2) is 37.2 Å². The molecule has 1 aliphatic heterocycles. The van der Waals surface area contributed by atoms with E-state index in [1.165, 1.54) is 19.2 Å². The van der Waals surface area contributed by atoms with Crippen molar-refractivity contribution < 1.29 is 22.7 Å². The first-order valence-corrected chi connectivity index (χ1v) is 11.0. The summed E-state index contributed by atoms with van der Waals surface area (Å²) in [5, 5.41) is 0. The van der Waals surface area contributed by atoms with Gasteiger partial charge >= 0.3 is 5.97 Å². The number of halogens is 1. The molecule has 1 aliphatic carbocycles. The molecule has 0 unspecified atom stereocenters. The summed E-state index contributed by atoms with van der Waals surface area (Å²) < 4.78 is 33.2. The predicted octanol–water partition coefficient (Wildman–Crippen LogP) is 3.25. The van der Waals surface area contributed by atoms with Crippen LogP contribution in [0.25, 0.3) is 0 Å². The first-order valence-electron chi connectivity index (χ1n) is 8.72. The number of amides is 1. The molecule has 1 amide bonds. The molecule has 1 spiro atoms. The minimum atomic E-state index is -3.98. The van der Waals surface area contributed by atoms with Crippen LogP contribution in [0.1, 0.15) is 44.9 Å². The van der Waals surface area contributed by atoms with Crippen molar-refractivity contribution in [2.45, 2.75) is 55.4 Å². The summed E-state index contributed by atoms with van der Waals surface area (Å²) in [4.78, 5) is 24.8.